The number of hydrogen-bond donors (Lipinski definition) is 1. The van der Waals surface area contributed by atoms with Crippen molar-refractivity contribution in [1.82, 2.24) is 14.8 Å². The molecule has 8 heteroatoms. The molecular weight excluding hydrogens is 421 g/mol. The van der Waals surface area contributed by atoms with Gasteiger partial charge in [0.2, 0.25) is 0 Å². The molecule has 1 atom stereocenters. The summed E-state index contributed by atoms with van der Waals surface area (Å²) in [6, 6.07) is 11.2. The Morgan fingerprint density at radius 2 is 1.85 bits per heavy atom. The molecule has 0 bridgehead atoms. The molecular formula is C25H20FN5O2. The number of hydrogen-bond acceptors (Lipinski definition) is 6. The van der Waals surface area contributed by atoms with Gasteiger partial charge in [0.25, 0.3) is 6.02 Å². The van der Waals surface area contributed by atoms with Crippen LogP contribution in [0.15, 0.2) is 66.2 Å². The molecule has 2 aromatic carbocycles. The minimum absolute atomic E-state index is 0.0589. The summed E-state index contributed by atoms with van der Waals surface area (Å²) in [6.45, 7) is 2.14. The molecule has 4 heterocycles. The van der Waals surface area contributed by atoms with Crippen molar-refractivity contribution in [3.63, 3.8) is 0 Å². The fraction of sp³-hybridized carbons (Fsp3) is 0.160. The van der Waals surface area contributed by atoms with Crippen molar-refractivity contribution in [2.75, 3.05) is 6.61 Å². The molecule has 33 heavy (non-hydrogen) atoms. The van der Waals surface area contributed by atoms with Gasteiger partial charge in [-0.1, -0.05) is 6.07 Å². The Morgan fingerprint density at radius 3 is 2.58 bits per heavy atom. The van der Waals surface area contributed by atoms with Crippen LogP contribution in [0.3, 0.4) is 0 Å². The number of ether oxygens (including phenoxy) is 2. The highest BCUT2D eigenvalue weighted by Gasteiger charge is 2.48. The zero-order chi connectivity index (χ0) is 22.7. The van der Waals surface area contributed by atoms with Crippen LogP contribution in [0.4, 0.5) is 4.39 Å². The van der Waals surface area contributed by atoms with Gasteiger partial charge < -0.3 is 15.2 Å². The zero-order valence-corrected chi connectivity index (χ0v) is 18.0. The summed E-state index contributed by atoms with van der Waals surface area (Å²) in [5, 5.41) is 4.21. The molecule has 4 aromatic rings. The molecule has 1 spiro atoms. The lowest BCUT2D eigenvalue weighted by Gasteiger charge is -2.34. The number of pyridine rings is 1. The quantitative estimate of drug-likeness (QED) is 0.501. The number of rotatable bonds is 2. The molecule has 164 valence electrons. The van der Waals surface area contributed by atoms with E-state index in [1.165, 1.54) is 6.07 Å². The molecule has 2 N–H and O–H groups in total. The van der Waals surface area contributed by atoms with Gasteiger partial charge in [0, 0.05) is 47.9 Å². The van der Waals surface area contributed by atoms with Crippen LogP contribution in [-0.2, 0) is 17.3 Å². The van der Waals surface area contributed by atoms with Crippen molar-refractivity contribution in [1.29, 1.82) is 0 Å². The molecule has 2 aromatic heterocycles. The van der Waals surface area contributed by atoms with Crippen molar-refractivity contribution < 1.29 is 13.9 Å². The number of aromatic nitrogens is 3. The number of aliphatic imine (C=N–C) groups is 1. The van der Waals surface area contributed by atoms with E-state index in [1.807, 2.05) is 50.6 Å². The molecule has 2 aliphatic rings. The first-order valence-electron chi connectivity index (χ1n) is 10.5. The van der Waals surface area contributed by atoms with E-state index in [9.17, 15) is 0 Å². The van der Waals surface area contributed by atoms with E-state index in [0.29, 0.717) is 16.9 Å². The van der Waals surface area contributed by atoms with Crippen molar-refractivity contribution in [3.05, 3.63) is 83.7 Å². The van der Waals surface area contributed by atoms with E-state index in [1.54, 1.807) is 17.1 Å². The SMILES string of the molecule is Cc1cncc(-c2ccc3c(c2)[C@@]2(COC(N)=N2)c2cc(-c4cnn(C)c4)cc(F)c2O3)c1. The van der Waals surface area contributed by atoms with Crippen LogP contribution >= 0.6 is 0 Å². The Hall–Kier alpha value is -4.20. The molecule has 0 unspecified atom stereocenters. The molecule has 0 saturated heterocycles. The van der Waals surface area contributed by atoms with Crippen molar-refractivity contribution in [3.8, 4) is 33.8 Å². The summed E-state index contributed by atoms with van der Waals surface area (Å²) in [7, 11) is 1.82. The van der Waals surface area contributed by atoms with E-state index in [0.717, 1.165) is 27.8 Å². The number of nitrogens with zero attached hydrogens (tertiary/aromatic N) is 4. The lowest BCUT2D eigenvalue weighted by molar-refractivity contribution is 0.262. The third kappa shape index (κ3) is 2.98. The van der Waals surface area contributed by atoms with E-state index in [4.69, 9.17) is 15.2 Å². The Morgan fingerprint density at radius 1 is 1.00 bits per heavy atom. The fourth-order valence-corrected chi connectivity index (χ4v) is 4.54. The van der Waals surface area contributed by atoms with Gasteiger partial charge >= 0.3 is 0 Å². The largest absolute Gasteiger partial charge is 0.462 e. The van der Waals surface area contributed by atoms with Crippen molar-refractivity contribution >= 4 is 6.02 Å². The number of amidine groups is 1. The maximum absolute atomic E-state index is 15.4. The molecule has 0 amide bonds. The summed E-state index contributed by atoms with van der Waals surface area (Å²) in [6.07, 6.45) is 7.14. The first-order valence-corrected chi connectivity index (χ1v) is 10.5. The molecule has 2 aliphatic heterocycles. The van der Waals surface area contributed by atoms with Gasteiger partial charge in [0.05, 0.1) is 6.20 Å². The summed E-state index contributed by atoms with van der Waals surface area (Å²) in [4.78, 5) is 8.99. The Kier molecular flexibility index (Phi) is 4.07. The number of aryl methyl sites for hydroxylation is 2. The third-order valence-electron chi connectivity index (χ3n) is 6.10. The van der Waals surface area contributed by atoms with Crippen molar-refractivity contribution in [2.45, 2.75) is 12.5 Å². The number of nitrogens with two attached hydrogens (primary N) is 1. The third-order valence-corrected chi connectivity index (χ3v) is 6.10. The Bertz CT molecular complexity index is 1460. The highest BCUT2D eigenvalue weighted by Crippen LogP contribution is 2.53. The van der Waals surface area contributed by atoms with Gasteiger partial charge in [-0.3, -0.25) is 9.67 Å². The van der Waals surface area contributed by atoms with E-state index in [-0.39, 0.29) is 18.4 Å². The molecule has 7 nitrogen and oxygen atoms in total. The summed E-state index contributed by atoms with van der Waals surface area (Å²) in [5.74, 6) is 0.160. The minimum atomic E-state index is -1.03. The van der Waals surface area contributed by atoms with Crippen LogP contribution in [-0.4, -0.2) is 27.4 Å². The molecule has 6 rings (SSSR count). The summed E-state index contributed by atoms with van der Waals surface area (Å²) < 4.78 is 28.7. The van der Waals surface area contributed by atoms with Gasteiger partial charge in [-0.15, -0.1) is 0 Å². The monoisotopic (exact) mass is 441 g/mol. The van der Waals surface area contributed by atoms with E-state index >= 15 is 4.39 Å². The summed E-state index contributed by atoms with van der Waals surface area (Å²) >= 11 is 0. The highest BCUT2D eigenvalue weighted by molar-refractivity contribution is 5.79. The number of fused-ring (bicyclic) bond motifs is 4. The van der Waals surface area contributed by atoms with Crippen LogP contribution in [0, 0.1) is 12.7 Å². The second kappa shape index (κ2) is 6.90. The molecule has 0 fully saturated rings. The van der Waals surface area contributed by atoms with Crippen LogP contribution in [0.5, 0.6) is 11.5 Å². The fourth-order valence-electron chi connectivity index (χ4n) is 4.54. The zero-order valence-electron chi connectivity index (χ0n) is 18.0. The lowest BCUT2D eigenvalue weighted by atomic mass is 9.79. The van der Waals surface area contributed by atoms with Crippen LogP contribution < -0.4 is 10.5 Å². The first-order chi connectivity index (χ1) is 15.9. The van der Waals surface area contributed by atoms with Gasteiger partial charge in [0.1, 0.15) is 12.4 Å². The standard InChI is InChI=1S/C25H20FN5O2/c1-14-5-17(10-28-9-14)15-3-4-22-19(6-15)25(13-32-24(27)30-25)20-7-16(8-21(26)23(20)33-22)18-11-29-31(2)12-18/h3-12H,13H2,1-2H3,(H2,27,30)/t25-/m0/s1. The highest BCUT2D eigenvalue weighted by atomic mass is 19.1. The maximum Gasteiger partial charge on any atom is 0.283 e. The Labute approximate surface area is 189 Å². The average Bonchev–Trinajstić information content (AvgIpc) is 3.41. The summed E-state index contributed by atoms with van der Waals surface area (Å²) in [5.41, 5.74) is 10.7. The molecule has 0 radical (unpaired) electrons. The van der Waals surface area contributed by atoms with Gasteiger partial charge in [-0.25, -0.2) is 9.38 Å². The van der Waals surface area contributed by atoms with Crippen molar-refractivity contribution in [2.24, 2.45) is 17.8 Å². The lowest BCUT2D eigenvalue weighted by Crippen LogP contribution is -2.31. The topological polar surface area (TPSA) is 87.5 Å². The minimum Gasteiger partial charge on any atom is -0.462 e. The maximum atomic E-state index is 15.4. The van der Waals surface area contributed by atoms with Crippen LogP contribution in [0.25, 0.3) is 22.3 Å². The normalized spacial score (nSPS) is 18.3. The average molecular weight is 441 g/mol. The predicted octanol–water partition coefficient (Wildman–Crippen LogP) is 4.29. The van der Waals surface area contributed by atoms with Crippen LogP contribution in [0.2, 0.25) is 0 Å². The molecule has 0 aliphatic carbocycles. The number of halogens is 1. The van der Waals surface area contributed by atoms with Gasteiger partial charge in [-0.2, -0.15) is 5.10 Å². The first kappa shape index (κ1) is 19.5. The van der Waals surface area contributed by atoms with Gasteiger partial charge in [-0.05, 0) is 53.9 Å². The smallest absolute Gasteiger partial charge is 0.283 e. The number of benzene rings is 2. The van der Waals surface area contributed by atoms with E-state index < -0.39 is 11.4 Å². The molecule has 0 saturated carbocycles. The van der Waals surface area contributed by atoms with Gasteiger partial charge in [0.15, 0.2) is 17.1 Å². The Balaban J connectivity index is 1.58. The van der Waals surface area contributed by atoms with Crippen LogP contribution in [0.1, 0.15) is 16.7 Å². The second-order valence-electron chi connectivity index (χ2n) is 8.40. The predicted molar refractivity (Wildman–Crippen MR) is 121 cm³/mol. The second-order valence-corrected chi connectivity index (χ2v) is 8.40. The van der Waals surface area contributed by atoms with E-state index in [2.05, 4.69) is 21.1 Å².